The first kappa shape index (κ1) is 24.8. The summed E-state index contributed by atoms with van der Waals surface area (Å²) in [6.07, 6.45) is 2.01. The van der Waals surface area contributed by atoms with Gasteiger partial charge in [-0.3, -0.25) is 4.79 Å². The topological polar surface area (TPSA) is 75.7 Å². The van der Waals surface area contributed by atoms with E-state index < -0.39 is 15.9 Å². The molecule has 9 heteroatoms. The number of halogens is 2. The molecule has 0 aromatic heterocycles. The molecule has 1 aliphatic heterocycles. The smallest absolute Gasteiger partial charge is 0.224 e. The van der Waals surface area contributed by atoms with Crippen molar-refractivity contribution in [3.8, 4) is 5.75 Å². The van der Waals surface area contributed by atoms with Crippen LogP contribution in [0.3, 0.4) is 0 Å². The number of sulfonamides is 1. The van der Waals surface area contributed by atoms with Gasteiger partial charge in [-0.2, -0.15) is 0 Å². The summed E-state index contributed by atoms with van der Waals surface area (Å²) in [5, 5.41) is 3.86. The van der Waals surface area contributed by atoms with Crippen LogP contribution < -0.4 is 10.1 Å². The number of hydrogen-bond donors (Lipinski definition) is 1. The van der Waals surface area contributed by atoms with Gasteiger partial charge < -0.3 is 10.1 Å². The molecule has 0 bridgehead atoms. The number of benzene rings is 2. The molecule has 2 aromatic carbocycles. The maximum Gasteiger partial charge on any atom is 0.224 e. The first-order valence-corrected chi connectivity index (χ1v) is 13.0. The van der Waals surface area contributed by atoms with Gasteiger partial charge >= 0.3 is 0 Å². The first-order chi connectivity index (χ1) is 15.2. The third-order valence-corrected chi connectivity index (χ3v) is 8.13. The van der Waals surface area contributed by atoms with E-state index in [1.54, 1.807) is 19.2 Å². The van der Waals surface area contributed by atoms with Crippen LogP contribution in [0.25, 0.3) is 0 Å². The standard InChI is InChI=1S/C23H28Cl2N2O4S/c1-3-22(16-7-10-20(31-2)11-8-16)26-23(28)17-5-4-12-27(14-17)32(29,30)15-18-6-9-19(24)13-21(18)25/h6-11,13,17,22H,3-5,12,14-15H2,1-2H3,(H,26,28)/t17-,22+/m0/s1. The van der Waals surface area contributed by atoms with E-state index in [9.17, 15) is 13.2 Å². The van der Waals surface area contributed by atoms with E-state index in [1.165, 1.54) is 10.4 Å². The molecule has 0 radical (unpaired) electrons. The van der Waals surface area contributed by atoms with Gasteiger partial charge in [-0.15, -0.1) is 0 Å². The molecule has 174 valence electrons. The maximum absolute atomic E-state index is 13.0. The van der Waals surface area contributed by atoms with Crippen molar-refractivity contribution in [3.63, 3.8) is 0 Å². The number of piperidine rings is 1. The van der Waals surface area contributed by atoms with Crippen LogP contribution in [0.5, 0.6) is 5.75 Å². The molecule has 2 atom stereocenters. The molecule has 1 heterocycles. The molecule has 1 N–H and O–H groups in total. The molecule has 2 aromatic rings. The minimum atomic E-state index is -3.62. The van der Waals surface area contributed by atoms with Crippen molar-refractivity contribution in [3.05, 3.63) is 63.6 Å². The second-order valence-electron chi connectivity index (χ2n) is 7.93. The molecule has 0 spiro atoms. The van der Waals surface area contributed by atoms with Crippen LogP contribution in [0, 0.1) is 5.92 Å². The Labute approximate surface area is 199 Å². The lowest BCUT2D eigenvalue weighted by atomic mass is 9.97. The number of amides is 1. The molecule has 1 saturated heterocycles. The molecule has 0 unspecified atom stereocenters. The summed E-state index contributed by atoms with van der Waals surface area (Å²) in [6.45, 7) is 2.56. The molecule has 1 amide bonds. The van der Waals surface area contributed by atoms with Crippen LogP contribution in [0.15, 0.2) is 42.5 Å². The average molecular weight is 499 g/mol. The molecule has 1 fully saturated rings. The van der Waals surface area contributed by atoms with Crippen molar-refractivity contribution >= 4 is 39.1 Å². The number of rotatable bonds is 8. The Bertz CT molecular complexity index is 1040. The predicted octanol–water partition coefficient (Wildman–Crippen LogP) is 4.81. The Morgan fingerprint density at radius 3 is 2.56 bits per heavy atom. The third kappa shape index (κ3) is 6.16. The number of ether oxygens (including phenoxy) is 1. The molecule has 0 aliphatic carbocycles. The second kappa shape index (κ2) is 10.9. The zero-order valence-electron chi connectivity index (χ0n) is 18.2. The van der Waals surface area contributed by atoms with Crippen LogP contribution in [-0.4, -0.2) is 38.8 Å². The highest BCUT2D eigenvalue weighted by Crippen LogP contribution is 2.27. The fourth-order valence-corrected chi connectivity index (χ4v) is 6.08. The van der Waals surface area contributed by atoms with Gasteiger partial charge in [0.25, 0.3) is 0 Å². The van der Waals surface area contributed by atoms with Crippen molar-refractivity contribution in [2.24, 2.45) is 5.92 Å². The van der Waals surface area contributed by atoms with Crippen LogP contribution in [-0.2, 0) is 20.6 Å². The third-order valence-electron chi connectivity index (χ3n) is 5.74. The Morgan fingerprint density at radius 2 is 1.94 bits per heavy atom. The fraction of sp³-hybridized carbons (Fsp3) is 0.435. The van der Waals surface area contributed by atoms with E-state index >= 15 is 0 Å². The van der Waals surface area contributed by atoms with Gasteiger partial charge in [-0.1, -0.05) is 48.3 Å². The fourth-order valence-electron chi connectivity index (χ4n) is 3.88. The monoisotopic (exact) mass is 498 g/mol. The molecule has 1 aliphatic rings. The summed E-state index contributed by atoms with van der Waals surface area (Å²) in [6, 6.07) is 12.2. The van der Waals surface area contributed by atoms with Crippen molar-refractivity contribution in [1.82, 2.24) is 9.62 Å². The van der Waals surface area contributed by atoms with Gasteiger partial charge in [0.2, 0.25) is 15.9 Å². The summed E-state index contributed by atoms with van der Waals surface area (Å²) in [5.41, 5.74) is 1.48. The van der Waals surface area contributed by atoms with Crippen LogP contribution in [0.2, 0.25) is 10.0 Å². The SMILES string of the molecule is CC[C@@H](NC(=O)[C@H]1CCCN(S(=O)(=O)Cc2ccc(Cl)cc2Cl)C1)c1ccc(OC)cc1. The molecule has 3 rings (SSSR count). The van der Waals surface area contributed by atoms with Gasteiger partial charge in [0.15, 0.2) is 0 Å². The Morgan fingerprint density at radius 1 is 1.22 bits per heavy atom. The van der Waals surface area contributed by atoms with E-state index in [1.807, 2.05) is 31.2 Å². The number of hydrogen-bond acceptors (Lipinski definition) is 4. The number of methoxy groups -OCH3 is 1. The second-order valence-corrected chi connectivity index (χ2v) is 10.7. The number of nitrogens with zero attached hydrogens (tertiary/aromatic N) is 1. The Hall–Kier alpha value is -1.80. The van der Waals surface area contributed by atoms with Crippen molar-refractivity contribution in [2.45, 2.75) is 38.0 Å². The van der Waals surface area contributed by atoms with E-state index in [-0.39, 0.29) is 24.2 Å². The molecular formula is C23H28Cl2N2O4S. The Balaban J connectivity index is 1.66. The summed E-state index contributed by atoms with van der Waals surface area (Å²) in [4.78, 5) is 13.0. The normalized spacial score (nSPS) is 18.2. The molecule has 32 heavy (non-hydrogen) atoms. The van der Waals surface area contributed by atoms with Gasteiger partial charge in [-0.05, 0) is 54.7 Å². The van der Waals surface area contributed by atoms with Crippen molar-refractivity contribution in [2.75, 3.05) is 20.2 Å². The number of nitrogens with one attached hydrogen (secondary N) is 1. The lowest BCUT2D eigenvalue weighted by molar-refractivity contribution is -0.126. The molecule has 6 nitrogen and oxygen atoms in total. The summed E-state index contributed by atoms with van der Waals surface area (Å²) >= 11 is 12.1. The quantitative estimate of drug-likeness (QED) is 0.566. The van der Waals surface area contributed by atoms with E-state index in [0.29, 0.717) is 35.0 Å². The molecule has 0 saturated carbocycles. The minimum Gasteiger partial charge on any atom is -0.497 e. The first-order valence-electron chi connectivity index (χ1n) is 10.6. The highest BCUT2D eigenvalue weighted by atomic mass is 35.5. The number of carbonyl (C=O) groups excluding carboxylic acids is 1. The highest BCUT2D eigenvalue weighted by Gasteiger charge is 2.33. The van der Waals surface area contributed by atoms with Gasteiger partial charge in [-0.25, -0.2) is 12.7 Å². The molecular weight excluding hydrogens is 471 g/mol. The summed E-state index contributed by atoms with van der Waals surface area (Å²) in [5.74, 6) is 0.00767. The van der Waals surface area contributed by atoms with Crippen LogP contribution in [0.4, 0.5) is 0 Å². The van der Waals surface area contributed by atoms with E-state index in [2.05, 4.69) is 5.32 Å². The highest BCUT2D eigenvalue weighted by molar-refractivity contribution is 7.88. The zero-order valence-corrected chi connectivity index (χ0v) is 20.5. The zero-order chi connectivity index (χ0) is 23.3. The Kier molecular flexibility index (Phi) is 8.44. The van der Waals surface area contributed by atoms with Crippen LogP contribution in [0.1, 0.15) is 43.4 Å². The van der Waals surface area contributed by atoms with Gasteiger partial charge in [0, 0.05) is 23.1 Å². The maximum atomic E-state index is 13.0. The van der Waals surface area contributed by atoms with Gasteiger partial charge in [0.05, 0.1) is 24.8 Å². The largest absolute Gasteiger partial charge is 0.497 e. The van der Waals surface area contributed by atoms with E-state index in [0.717, 1.165) is 17.7 Å². The van der Waals surface area contributed by atoms with E-state index in [4.69, 9.17) is 27.9 Å². The van der Waals surface area contributed by atoms with Crippen LogP contribution >= 0.6 is 23.2 Å². The lowest BCUT2D eigenvalue weighted by Crippen LogP contribution is -2.46. The average Bonchev–Trinajstić information content (AvgIpc) is 2.79. The lowest BCUT2D eigenvalue weighted by Gasteiger charge is -2.32. The van der Waals surface area contributed by atoms with Crippen molar-refractivity contribution in [1.29, 1.82) is 0 Å². The summed E-state index contributed by atoms with van der Waals surface area (Å²) < 4.78 is 32.6. The van der Waals surface area contributed by atoms with Gasteiger partial charge in [0.1, 0.15) is 5.75 Å². The minimum absolute atomic E-state index is 0.128. The number of carbonyl (C=O) groups is 1. The van der Waals surface area contributed by atoms with Crippen molar-refractivity contribution < 1.29 is 17.9 Å². The summed E-state index contributed by atoms with van der Waals surface area (Å²) in [7, 11) is -2.01. The predicted molar refractivity (Wildman–Crippen MR) is 128 cm³/mol.